The average Bonchev–Trinajstić information content (AvgIpc) is 2.97. The van der Waals surface area contributed by atoms with E-state index in [1.54, 1.807) is 11.1 Å². The highest BCUT2D eigenvalue weighted by Gasteiger charge is 2.63. The molecule has 3 nitrogen and oxygen atoms in total. The molecule has 4 aliphatic carbocycles. The zero-order valence-corrected chi connectivity index (χ0v) is 21.1. The molecule has 2 fully saturated rings. The van der Waals surface area contributed by atoms with Gasteiger partial charge in [0.25, 0.3) is 0 Å². The molecule has 2 N–H and O–H groups in total. The highest BCUT2D eigenvalue weighted by atomic mass is 16.4. The second-order valence-electron chi connectivity index (χ2n) is 13.2. The first-order chi connectivity index (χ1) is 14.3. The Kier molecular flexibility index (Phi) is 5.52. The number of aliphatic carboxylic acids is 1. The maximum atomic E-state index is 11.5. The number of rotatable bonds is 4. The summed E-state index contributed by atoms with van der Waals surface area (Å²) in [6, 6.07) is 0. The maximum absolute atomic E-state index is 11.5. The average molecular weight is 431 g/mol. The van der Waals surface area contributed by atoms with Crippen LogP contribution in [0.1, 0.15) is 106 Å². The fourth-order valence-electron chi connectivity index (χ4n) is 9.45. The fraction of sp³-hybridized carbons (Fsp3) is 0.893. The van der Waals surface area contributed by atoms with Gasteiger partial charge >= 0.3 is 5.97 Å². The molecule has 0 saturated heterocycles. The largest absolute Gasteiger partial charge is 0.481 e. The molecule has 0 aromatic rings. The number of hydrogen-bond donors (Lipinski definition) is 2. The van der Waals surface area contributed by atoms with Gasteiger partial charge in [-0.15, -0.1) is 0 Å². The molecule has 0 aliphatic heterocycles. The van der Waals surface area contributed by atoms with Crippen molar-refractivity contribution in [3.8, 4) is 0 Å². The summed E-state index contributed by atoms with van der Waals surface area (Å²) in [5.74, 6) is 0.732. The predicted molar refractivity (Wildman–Crippen MR) is 126 cm³/mol. The summed E-state index contributed by atoms with van der Waals surface area (Å²) in [5.41, 5.74) is 4.29. The van der Waals surface area contributed by atoms with E-state index in [0.29, 0.717) is 17.8 Å². The van der Waals surface area contributed by atoms with E-state index < -0.39 is 5.97 Å². The predicted octanol–water partition coefficient (Wildman–Crippen LogP) is 6.84. The van der Waals surface area contributed by atoms with Gasteiger partial charge in [0.1, 0.15) is 0 Å². The molecule has 4 rings (SSSR count). The van der Waals surface area contributed by atoms with Crippen molar-refractivity contribution in [2.45, 2.75) is 112 Å². The summed E-state index contributed by atoms with van der Waals surface area (Å²) in [6.07, 6.45) is 10.0. The van der Waals surface area contributed by atoms with Crippen molar-refractivity contribution in [3.05, 3.63) is 11.1 Å². The Hall–Kier alpha value is -0.830. The Morgan fingerprint density at radius 1 is 0.968 bits per heavy atom. The molecule has 0 aromatic heterocycles. The van der Waals surface area contributed by atoms with E-state index in [1.807, 2.05) is 6.92 Å². The molecule has 0 heterocycles. The number of carboxylic acids is 1. The van der Waals surface area contributed by atoms with Crippen molar-refractivity contribution in [3.63, 3.8) is 0 Å². The first-order valence-electron chi connectivity index (χ1n) is 12.9. The van der Waals surface area contributed by atoms with Gasteiger partial charge in [-0.05, 0) is 97.2 Å². The van der Waals surface area contributed by atoms with Crippen LogP contribution in [0.2, 0.25) is 0 Å². The zero-order chi connectivity index (χ0) is 23.0. The summed E-state index contributed by atoms with van der Waals surface area (Å²) in [4.78, 5) is 11.5. The van der Waals surface area contributed by atoms with Crippen molar-refractivity contribution >= 4 is 5.97 Å². The monoisotopic (exact) mass is 430 g/mol. The highest BCUT2D eigenvalue weighted by Crippen LogP contribution is 2.72. The lowest BCUT2D eigenvalue weighted by atomic mass is 9.43. The molecule has 176 valence electrons. The quantitative estimate of drug-likeness (QED) is 0.480. The van der Waals surface area contributed by atoms with Crippen molar-refractivity contribution < 1.29 is 15.0 Å². The van der Waals surface area contributed by atoms with Crippen molar-refractivity contribution in [1.29, 1.82) is 0 Å². The standard InChI is InChI=1S/C28H46O3/c1-17(16-18(2)24(30)31)19-10-14-28(7)21-8-9-22-25(3,4)23(29)12-13-26(22,5)20(21)11-15-27(19,28)6/h17-19,22-23,29H,8-16H2,1-7H3,(H,30,31)/t17-,18?,19-,22+,23+,26-,27-,28+/m1/s1. The van der Waals surface area contributed by atoms with E-state index in [0.717, 1.165) is 19.3 Å². The molecule has 0 aromatic carbocycles. The Bertz CT molecular complexity index is 781. The van der Waals surface area contributed by atoms with Crippen LogP contribution in [0.3, 0.4) is 0 Å². The minimum atomic E-state index is -0.653. The minimum absolute atomic E-state index is 0.00706. The van der Waals surface area contributed by atoms with Gasteiger partial charge in [0.05, 0.1) is 12.0 Å². The molecule has 0 bridgehead atoms. The fourth-order valence-corrected chi connectivity index (χ4v) is 9.45. The summed E-state index contributed by atoms with van der Waals surface area (Å²) in [7, 11) is 0. The Balaban J connectivity index is 1.68. The van der Waals surface area contributed by atoms with Gasteiger partial charge in [-0.1, -0.05) is 59.6 Å². The molecule has 4 aliphatic rings. The summed E-state index contributed by atoms with van der Waals surface area (Å²) >= 11 is 0. The molecule has 3 heteroatoms. The van der Waals surface area contributed by atoms with Crippen LogP contribution < -0.4 is 0 Å². The second kappa shape index (κ2) is 7.34. The number of carboxylic acid groups (broad SMARTS) is 1. The maximum Gasteiger partial charge on any atom is 0.306 e. The van der Waals surface area contributed by atoms with E-state index in [9.17, 15) is 15.0 Å². The van der Waals surface area contributed by atoms with Gasteiger partial charge in [0.15, 0.2) is 0 Å². The SMILES string of the molecule is CC(C[C@@H](C)[C@H]1CC[C@@]2(C)C3=C(CC[C@]12C)[C@@]1(C)CC[C@H](O)C(C)(C)[C@@H]1CC3)C(=O)O. The molecular weight excluding hydrogens is 384 g/mol. The van der Waals surface area contributed by atoms with Gasteiger partial charge in [0.2, 0.25) is 0 Å². The zero-order valence-electron chi connectivity index (χ0n) is 21.1. The third kappa shape index (κ3) is 3.11. The minimum Gasteiger partial charge on any atom is -0.481 e. The first kappa shape index (κ1) is 23.3. The van der Waals surface area contributed by atoms with Gasteiger partial charge < -0.3 is 10.2 Å². The number of aliphatic hydroxyl groups is 1. The molecule has 1 unspecified atom stereocenters. The van der Waals surface area contributed by atoms with Gasteiger partial charge in [-0.2, -0.15) is 0 Å². The highest BCUT2D eigenvalue weighted by molar-refractivity contribution is 5.69. The molecular formula is C28H46O3. The van der Waals surface area contributed by atoms with Crippen molar-refractivity contribution in [2.75, 3.05) is 0 Å². The van der Waals surface area contributed by atoms with Crippen LogP contribution in [0, 0.1) is 45.3 Å². The van der Waals surface area contributed by atoms with Crippen molar-refractivity contribution in [2.24, 2.45) is 45.3 Å². The molecule has 8 atom stereocenters. The lowest BCUT2D eigenvalue weighted by molar-refractivity contribution is -0.142. The summed E-state index contributed by atoms with van der Waals surface area (Å²) < 4.78 is 0. The van der Waals surface area contributed by atoms with Crippen LogP contribution in [0.4, 0.5) is 0 Å². The molecule has 2 saturated carbocycles. The number of hydrogen-bond acceptors (Lipinski definition) is 2. The summed E-state index contributed by atoms with van der Waals surface area (Å²) in [5, 5.41) is 20.2. The van der Waals surface area contributed by atoms with Crippen LogP contribution in [-0.4, -0.2) is 22.3 Å². The van der Waals surface area contributed by atoms with Gasteiger partial charge in [-0.3, -0.25) is 4.79 Å². The van der Waals surface area contributed by atoms with Crippen LogP contribution in [0.25, 0.3) is 0 Å². The van der Waals surface area contributed by atoms with Crippen LogP contribution >= 0.6 is 0 Å². The number of aliphatic hydroxyl groups excluding tert-OH is 1. The number of allylic oxidation sites excluding steroid dienone is 2. The Morgan fingerprint density at radius 2 is 1.65 bits per heavy atom. The van der Waals surface area contributed by atoms with Gasteiger partial charge in [-0.25, -0.2) is 0 Å². The number of fused-ring (bicyclic) bond motifs is 4. The third-order valence-electron chi connectivity index (χ3n) is 11.6. The van der Waals surface area contributed by atoms with E-state index >= 15 is 0 Å². The molecule has 0 spiro atoms. The number of carbonyl (C=O) groups is 1. The van der Waals surface area contributed by atoms with Crippen molar-refractivity contribution in [1.82, 2.24) is 0 Å². The first-order valence-corrected chi connectivity index (χ1v) is 12.9. The smallest absolute Gasteiger partial charge is 0.306 e. The van der Waals surface area contributed by atoms with Crippen LogP contribution in [-0.2, 0) is 4.79 Å². The second-order valence-corrected chi connectivity index (χ2v) is 13.2. The third-order valence-corrected chi connectivity index (χ3v) is 11.6. The molecule has 0 radical (unpaired) electrons. The Morgan fingerprint density at radius 3 is 2.29 bits per heavy atom. The van der Waals surface area contributed by atoms with E-state index in [4.69, 9.17) is 0 Å². The van der Waals surface area contributed by atoms with Crippen LogP contribution in [0.5, 0.6) is 0 Å². The Labute approximate surface area is 190 Å². The van der Waals surface area contributed by atoms with E-state index in [-0.39, 0.29) is 33.7 Å². The lowest BCUT2D eigenvalue weighted by Gasteiger charge is -2.62. The topological polar surface area (TPSA) is 57.5 Å². The lowest BCUT2D eigenvalue weighted by Crippen LogP contribution is -2.55. The summed E-state index contributed by atoms with van der Waals surface area (Å²) in [6.45, 7) is 16.4. The molecule has 0 amide bonds. The van der Waals surface area contributed by atoms with E-state index in [1.165, 1.54) is 38.5 Å². The van der Waals surface area contributed by atoms with Gasteiger partial charge in [0, 0.05) is 0 Å². The van der Waals surface area contributed by atoms with Crippen LogP contribution in [0.15, 0.2) is 11.1 Å². The van der Waals surface area contributed by atoms with E-state index in [2.05, 4.69) is 41.5 Å². The molecule has 31 heavy (non-hydrogen) atoms. The normalized spacial score (nSPS) is 46.0.